The van der Waals surface area contributed by atoms with Crippen molar-refractivity contribution in [2.45, 2.75) is 4.34 Å². The summed E-state index contributed by atoms with van der Waals surface area (Å²) >= 11 is 1.23. The van der Waals surface area contributed by atoms with Crippen LogP contribution in [0.2, 0.25) is 0 Å². The maximum Gasteiger partial charge on any atom is 0.213 e. The molecule has 0 fully saturated rings. The zero-order valence-corrected chi connectivity index (χ0v) is 18.2. The third kappa shape index (κ3) is 3.93. The Morgan fingerprint density at radius 3 is 2.57 bits per heavy atom. The fourth-order valence-electron chi connectivity index (χ4n) is 2.62. The largest absolute Gasteiger partial charge is 0.457 e. The number of ether oxygens (including phenoxy) is 1. The monoisotopic (exact) mass is 433 g/mol. The van der Waals surface area contributed by atoms with Crippen LogP contribution in [0.15, 0.2) is 59.1 Å². The van der Waals surface area contributed by atoms with Crippen LogP contribution in [-0.2, 0) is 9.74 Å². The summed E-state index contributed by atoms with van der Waals surface area (Å²) in [6, 6.07) is 15.6. The molecule has 1 unspecified atom stereocenters. The number of fused-ring (bicyclic) bond motifs is 1. The standard InChI is InChI=1S/C18H20N5O2PS2/c1-22(2)13-4-3-5-15(10-13)25-14-8-6-12(7-9-14)16-11-23-17(20-16)27-18(21-23)28(19,24)26/h3-11,28H,26H2,1-2H3,(H2,19,24). The van der Waals surface area contributed by atoms with E-state index in [0.29, 0.717) is 9.30 Å². The van der Waals surface area contributed by atoms with Crippen molar-refractivity contribution in [2.75, 3.05) is 19.0 Å². The van der Waals surface area contributed by atoms with E-state index in [2.05, 4.69) is 18.5 Å². The van der Waals surface area contributed by atoms with E-state index in [-0.39, 0.29) is 0 Å². The van der Waals surface area contributed by atoms with Gasteiger partial charge in [0.15, 0.2) is 4.34 Å². The van der Waals surface area contributed by atoms with E-state index in [1.165, 1.54) is 11.3 Å². The molecule has 4 aromatic rings. The van der Waals surface area contributed by atoms with Gasteiger partial charge in [-0.3, -0.25) is 9.35 Å². The number of imidazole rings is 1. The SMILES string of the molecule is CN(C)c1cccc(Oc2ccc(-c3cn4nc([SH](N)(=O)P)sc4n3)cc2)c1. The maximum absolute atomic E-state index is 11.9. The lowest BCUT2D eigenvalue weighted by atomic mass is 10.1. The van der Waals surface area contributed by atoms with Gasteiger partial charge in [0, 0.05) is 41.2 Å². The Morgan fingerprint density at radius 2 is 1.93 bits per heavy atom. The highest BCUT2D eigenvalue weighted by Gasteiger charge is 2.15. The first-order valence-electron chi connectivity index (χ1n) is 8.39. The van der Waals surface area contributed by atoms with Gasteiger partial charge in [0.25, 0.3) is 0 Å². The number of hydrogen-bond donors (Lipinski definition) is 2. The van der Waals surface area contributed by atoms with Gasteiger partial charge in [0.1, 0.15) is 11.5 Å². The van der Waals surface area contributed by atoms with Crippen LogP contribution in [0.3, 0.4) is 0 Å². The fourth-order valence-corrected chi connectivity index (χ4v) is 4.93. The van der Waals surface area contributed by atoms with Crippen molar-refractivity contribution in [3.05, 3.63) is 54.7 Å². The van der Waals surface area contributed by atoms with Gasteiger partial charge in [-0.1, -0.05) is 17.4 Å². The second-order valence-corrected chi connectivity index (χ2v) is 11.9. The molecule has 2 aromatic heterocycles. The van der Waals surface area contributed by atoms with E-state index in [9.17, 15) is 4.21 Å². The van der Waals surface area contributed by atoms with Gasteiger partial charge in [-0.25, -0.2) is 9.50 Å². The average Bonchev–Trinajstić information content (AvgIpc) is 3.21. The summed E-state index contributed by atoms with van der Waals surface area (Å²) in [6.07, 6.45) is 1.80. The summed E-state index contributed by atoms with van der Waals surface area (Å²) in [6.45, 7) is 0. The Labute approximate surface area is 169 Å². The molecule has 0 spiro atoms. The number of rotatable bonds is 5. The van der Waals surface area contributed by atoms with E-state index in [1.54, 1.807) is 10.7 Å². The van der Waals surface area contributed by atoms with Crippen LogP contribution >= 0.6 is 19.8 Å². The molecule has 146 valence electrons. The van der Waals surface area contributed by atoms with Crippen molar-refractivity contribution in [3.8, 4) is 22.8 Å². The molecule has 0 saturated carbocycles. The molecule has 1 atom stereocenters. The normalized spacial score (nSPS) is 12.3. The number of thiol groups is 1. The minimum atomic E-state index is -2.95. The molecule has 0 amide bonds. The quantitative estimate of drug-likeness (QED) is 0.372. The van der Waals surface area contributed by atoms with E-state index < -0.39 is 9.74 Å². The molecule has 4 rings (SSSR count). The van der Waals surface area contributed by atoms with Gasteiger partial charge in [0.2, 0.25) is 4.96 Å². The molecule has 0 radical (unpaired) electrons. The number of nitrogens with two attached hydrogens (primary N) is 1. The summed E-state index contributed by atoms with van der Waals surface area (Å²) in [5.74, 6) is 1.52. The Morgan fingerprint density at radius 1 is 1.18 bits per heavy atom. The predicted octanol–water partition coefficient (Wildman–Crippen LogP) is 3.36. The highest BCUT2D eigenvalue weighted by Crippen LogP contribution is 2.30. The van der Waals surface area contributed by atoms with Crippen LogP contribution in [0.25, 0.3) is 16.2 Å². The Kier molecular flexibility index (Phi) is 4.93. The van der Waals surface area contributed by atoms with E-state index in [0.717, 1.165) is 28.4 Å². The first kappa shape index (κ1) is 19.0. The van der Waals surface area contributed by atoms with Gasteiger partial charge in [-0.2, -0.15) is 0 Å². The highest BCUT2D eigenvalue weighted by atomic mass is 32.8. The zero-order valence-electron chi connectivity index (χ0n) is 15.3. The average molecular weight is 433 g/mol. The molecule has 10 heteroatoms. The molecular formula is C18H20N5O2PS2. The van der Waals surface area contributed by atoms with E-state index in [1.807, 2.05) is 67.5 Å². The number of aromatic nitrogens is 3. The van der Waals surface area contributed by atoms with Gasteiger partial charge in [-0.15, -0.1) is 5.10 Å². The fraction of sp³-hybridized carbons (Fsp3) is 0.111. The summed E-state index contributed by atoms with van der Waals surface area (Å²) in [5.41, 5.74) is 2.80. The van der Waals surface area contributed by atoms with Crippen LogP contribution in [0.5, 0.6) is 11.5 Å². The van der Waals surface area contributed by atoms with Crippen LogP contribution < -0.4 is 14.8 Å². The van der Waals surface area contributed by atoms with Crippen molar-refractivity contribution >= 4 is 40.2 Å². The first-order chi connectivity index (χ1) is 13.3. The van der Waals surface area contributed by atoms with Gasteiger partial charge in [0.05, 0.1) is 11.9 Å². The third-order valence-electron chi connectivity index (χ3n) is 4.05. The van der Waals surface area contributed by atoms with Crippen molar-refractivity contribution in [2.24, 2.45) is 5.14 Å². The molecular weight excluding hydrogens is 413 g/mol. The van der Waals surface area contributed by atoms with Gasteiger partial charge < -0.3 is 9.64 Å². The molecule has 28 heavy (non-hydrogen) atoms. The minimum absolute atomic E-state index is 0.384. The summed E-state index contributed by atoms with van der Waals surface area (Å²) in [5, 5.41) is 9.90. The Balaban J connectivity index is 1.54. The third-order valence-corrected chi connectivity index (χ3v) is 7.89. The van der Waals surface area contributed by atoms with E-state index in [4.69, 9.17) is 9.88 Å². The predicted molar refractivity (Wildman–Crippen MR) is 119 cm³/mol. The molecule has 2 N–H and O–H groups in total. The molecule has 0 bridgehead atoms. The smallest absolute Gasteiger partial charge is 0.213 e. The maximum atomic E-state index is 11.9. The topological polar surface area (TPSA) is 85.8 Å². The first-order valence-corrected chi connectivity index (χ1v) is 12.6. The van der Waals surface area contributed by atoms with Crippen LogP contribution in [0.4, 0.5) is 5.69 Å². The number of hydrogen-bond acceptors (Lipinski definition) is 6. The Hall–Kier alpha value is -2.32. The summed E-state index contributed by atoms with van der Waals surface area (Å²) in [4.78, 5) is 7.23. The van der Waals surface area contributed by atoms with Crippen molar-refractivity contribution in [1.82, 2.24) is 14.6 Å². The molecule has 0 saturated heterocycles. The van der Waals surface area contributed by atoms with E-state index >= 15 is 0 Å². The van der Waals surface area contributed by atoms with Crippen molar-refractivity contribution < 1.29 is 8.95 Å². The lowest BCUT2D eigenvalue weighted by molar-refractivity contribution is 0.483. The second-order valence-electron chi connectivity index (χ2n) is 6.47. The second kappa shape index (κ2) is 7.25. The molecule has 2 aromatic carbocycles. The van der Waals surface area contributed by atoms with Gasteiger partial charge >= 0.3 is 0 Å². The molecule has 0 aliphatic carbocycles. The molecule has 2 heterocycles. The minimum Gasteiger partial charge on any atom is -0.457 e. The number of anilines is 1. The highest BCUT2D eigenvalue weighted by molar-refractivity contribution is 8.44. The number of nitrogens with zero attached hydrogens (tertiary/aromatic N) is 4. The summed E-state index contributed by atoms with van der Waals surface area (Å²) in [7, 11) is 3.19. The molecule has 0 aliphatic rings. The van der Waals surface area contributed by atoms with Crippen LogP contribution in [0, 0.1) is 0 Å². The molecule has 0 aliphatic heterocycles. The lowest BCUT2D eigenvalue weighted by Gasteiger charge is -2.14. The number of benzene rings is 2. The van der Waals surface area contributed by atoms with Crippen LogP contribution in [0.1, 0.15) is 0 Å². The Bertz CT molecular complexity index is 1150. The van der Waals surface area contributed by atoms with Crippen LogP contribution in [-0.4, -0.2) is 32.9 Å². The summed E-state index contributed by atoms with van der Waals surface area (Å²) < 4.78 is 19.9. The van der Waals surface area contributed by atoms with Gasteiger partial charge in [-0.05, 0) is 44.8 Å². The van der Waals surface area contributed by atoms with Crippen molar-refractivity contribution in [1.29, 1.82) is 0 Å². The van der Waals surface area contributed by atoms with Crippen molar-refractivity contribution in [3.63, 3.8) is 0 Å². The lowest BCUT2D eigenvalue weighted by Crippen LogP contribution is -2.14. The zero-order chi connectivity index (χ0) is 19.9. The molecule has 7 nitrogen and oxygen atoms in total.